The van der Waals surface area contributed by atoms with Gasteiger partial charge in [-0.3, -0.25) is 4.98 Å². The molecule has 0 spiro atoms. The van der Waals surface area contributed by atoms with Crippen LogP contribution in [-0.2, 0) is 10.0 Å². The van der Waals surface area contributed by atoms with E-state index in [1.807, 2.05) is 0 Å². The van der Waals surface area contributed by atoms with Gasteiger partial charge in [-0.15, -0.1) is 0 Å². The van der Waals surface area contributed by atoms with Gasteiger partial charge in [0.2, 0.25) is 10.0 Å². The number of hydrogen-bond donors (Lipinski definition) is 1. The minimum Gasteiger partial charge on any atom is -0.328 e. The maximum Gasteiger partial charge on any atom is 0.245 e. The Morgan fingerprint density at radius 1 is 1.28 bits per heavy atom. The molecule has 2 aliphatic heterocycles. The second-order valence-corrected chi connectivity index (χ2v) is 6.98. The smallest absolute Gasteiger partial charge is 0.245 e. The lowest BCUT2D eigenvalue weighted by Gasteiger charge is -2.36. The summed E-state index contributed by atoms with van der Waals surface area (Å²) in [4.78, 5) is 4.19. The summed E-state index contributed by atoms with van der Waals surface area (Å²) >= 11 is 0. The molecular formula is C12H17N3O2S. The first-order chi connectivity index (χ1) is 8.59. The normalized spacial score (nSPS) is 32.6. The van der Waals surface area contributed by atoms with Crippen LogP contribution in [0.1, 0.15) is 25.7 Å². The molecule has 2 unspecified atom stereocenters. The van der Waals surface area contributed by atoms with Crippen LogP contribution in [0.2, 0.25) is 0 Å². The van der Waals surface area contributed by atoms with E-state index in [2.05, 4.69) is 4.98 Å². The average Bonchev–Trinajstić information content (AvgIpc) is 2.64. The molecule has 98 valence electrons. The lowest BCUT2D eigenvalue weighted by atomic mass is 10.0. The number of nitrogens with two attached hydrogens (primary N) is 1. The highest BCUT2D eigenvalue weighted by molar-refractivity contribution is 7.89. The summed E-state index contributed by atoms with van der Waals surface area (Å²) in [7, 11) is -3.41. The molecule has 3 heterocycles. The van der Waals surface area contributed by atoms with Crippen molar-refractivity contribution in [2.45, 2.75) is 48.7 Å². The van der Waals surface area contributed by atoms with Crippen LogP contribution in [0.15, 0.2) is 29.4 Å². The molecular weight excluding hydrogens is 250 g/mol. The lowest BCUT2D eigenvalue weighted by Crippen LogP contribution is -2.49. The number of rotatable bonds is 2. The average molecular weight is 267 g/mol. The molecule has 1 aromatic heterocycles. The Morgan fingerprint density at radius 2 is 1.94 bits per heavy atom. The van der Waals surface area contributed by atoms with Gasteiger partial charge < -0.3 is 5.73 Å². The molecule has 6 heteroatoms. The van der Waals surface area contributed by atoms with Gasteiger partial charge in [0.05, 0.1) is 0 Å². The van der Waals surface area contributed by atoms with E-state index in [0.29, 0.717) is 0 Å². The fourth-order valence-corrected chi connectivity index (χ4v) is 5.05. The van der Waals surface area contributed by atoms with Crippen molar-refractivity contribution in [3.05, 3.63) is 24.5 Å². The van der Waals surface area contributed by atoms with Gasteiger partial charge in [0.25, 0.3) is 0 Å². The maximum atomic E-state index is 12.6. The number of piperidine rings is 1. The van der Waals surface area contributed by atoms with Crippen LogP contribution in [-0.4, -0.2) is 35.8 Å². The van der Waals surface area contributed by atoms with Crippen molar-refractivity contribution in [1.29, 1.82) is 0 Å². The molecule has 2 fully saturated rings. The SMILES string of the molecule is NC1CC2CCC(C1)N2S(=O)(=O)c1cccnc1. The van der Waals surface area contributed by atoms with E-state index in [0.717, 1.165) is 25.7 Å². The quantitative estimate of drug-likeness (QED) is 0.857. The van der Waals surface area contributed by atoms with E-state index < -0.39 is 10.0 Å². The Labute approximate surface area is 107 Å². The van der Waals surface area contributed by atoms with Gasteiger partial charge in [0, 0.05) is 30.5 Å². The number of aromatic nitrogens is 1. The van der Waals surface area contributed by atoms with Crippen LogP contribution in [0.3, 0.4) is 0 Å². The Balaban J connectivity index is 1.96. The van der Waals surface area contributed by atoms with Crippen molar-refractivity contribution in [3.8, 4) is 0 Å². The van der Waals surface area contributed by atoms with Crippen LogP contribution in [0.25, 0.3) is 0 Å². The number of fused-ring (bicyclic) bond motifs is 2. The zero-order valence-corrected chi connectivity index (χ0v) is 10.9. The first kappa shape index (κ1) is 12.1. The minimum atomic E-state index is -3.41. The van der Waals surface area contributed by atoms with Crippen molar-refractivity contribution in [2.24, 2.45) is 5.73 Å². The molecule has 0 aromatic carbocycles. The fourth-order valence-electron chi connectivity index (χ4n) is 3.19. The third-order valence-corrected chi connectivity index (χ3v) is 5.90. The van der Waals surface area contributed by atoms with E-state index in [4.69, 9.17) is 5.73 Å². The third-order valence-electron chi connectivity index (χ3n) is 3.91. The van der Waals surface area contributed by atoms with Gasteiger partial charge in [-0.1, -0.05) is 0 Å². The standard InChI is InChI=1S/C12H17N3O2S/c13-9-6-10-3-4-11(7-9)15(10)18(16,17)12-2-1-5-14-8-12/h1-2,5,8-11H,3-4,6-7,13H2. The highest BCUT2D eigenvalue weighted by Gasteiger charge is 2.46. The molecule has 0 radical (unpaired) electrons. The summed E-state index contributed by atoms with van der Waals surface area (Å²) in [5, 5.41) is 0. The molecule has 2 atom stereocenters. The van der Waals surface area contributed by atoms with Gasteiger partial charge >= 0.3 is 0 Å². The van der Waals surface area contributed by atoms with Crippen molar-refractivity contribution in [3.63, 3.8) is 0 Å². The number of sulfonamides is 1. The summed E-state index contributed by atoms with van der Waals surface area (Å²) in [5.74, 6) is 0. The summed E-state index contributed by atoms with van der Waals surface area (Å²) in [6, 6.07) is 3.55. The number of hydrogen-bond acceptors (Lipinski definition) is 4. The van der Waals surface area contributed by atoms with Gasteiger partial charge in [-0.2, -0.15) is 4.31 Å². The Kier molecular flexibility index (Phi) is 2.88. The number of pyridine rings is 1. The second kappa shape index (κ2) is 4.29. The van der Waals surface area contributed by atoms with E-state index in [-0.39, 0.29) is 23.0 Å². The zero-order chi connectivity index (χ0) is 12.8. The third kappa shape index (κ3) is 1.84. The monoisotopic (exact) mass is 267 g/mol. The predicted molar refractivity (Wildman–Crippen MR) is 67.3 cm³/mol. The molecule has 2 bridgehead atoms. The Morgan fingerprint density at radius 3 is 2.50 bits per heavy atom. The first-order valence-electron chi connectivity index (χ1n) is 6.28. The Hall–Kier alpha value is -0.980. The number of nitrogens with zero attached hydrogens (tertiary/aromatic N) is 2. The molecule has 0 aliphatic carbocycles. The Bertz CT molecular complexity index is 518. The second-order valence-electron chi connectivity index (χ2n) is 5.14. The zero-order valence-electron chi connectivity index (χ0n) is 10.1. The van der Waals surface area contributed by atoms with Crippen molar-refractivity contribution in [2.75, 3.05) is 0 Å². The van der Waals surface area contributed by atoms with Gasteiger partial charge in [0.1, 0.15) is 4.90 Å². The van der Waals surface area contributed by atoms with Crippen LogP contribution >= 0.6 is 0 Å². The predicted octanol–water partition coefficient (Wildman–Crippen LogP) is 0.724. The molecule has 2 saturated heterocycles. The van der Waals surface area contributed by atoms with Crippen LogP contribution in [0.4, 0.5) is 0 Å². The summed E-state index contributed by atoms with van der Waals surface area (Å²) in [6.45, 7) is 0. The van der Waals surface area contributed by atoms with Gasteiger partial charge in [-0.05, 0) is 37.8 Å². The lowest BCUT2D eigenvalue weighted by molar-refractivity contribution is 0.227. The molecule has 5 nitrogen and oxygen atoms in total. The van der Waals surface area contributed by atoms with E-state index in [1.165, 1.54) is 6.20 Å². The molecule has 2 aliphatic rings. The summed E-state index contributed by atoms with van der Waals surface area (Å²) < 4.78 is 26.9. The van der Waals surface area contributed by atoms with Crippen LogP contribution in [0.5, 0.6) is 0 Å². The molecule has 0 amide bonds. The maximum absolute atomic E-state index is 12.6. The summed E-state index contributed by atoms with van der Waals surface area (Å²) in [5.41, 5.74) is 5.97. The first-order valence-corrected chi connectivity index (χ1v) is 7.72. The molecule has 3 rings (SSSR count). The van der Waals surface area contributed by atoms with Crippen molar-refractivity contribution in [1.82, 2.24) is 9.29 Å². The van der Waals surface area contributed by atoms with Crippen molar-refractivity contribution >= 4 is 10.0 Å². The van der Waals surface area contributed by atoms with E-state index in [1.54, 1.807) is 22.6 Å². The topological polar surface area (TPSA) is 76.3 Å². The van der Waals surface area contributed by atoms with E-state index in [9.17, 15) is 8.42 Å². The molecule has 0 saturated carbocycles. The van der Waals surface area contributed by atoms with Gasteiger partial charge in [0.15, 0.2) is 0 Å². The van der Waals surface area contributed by atoms with Crippen LogP contribution < -0.4 is 5.73 Å². The fraction of sp³-hybridized carbons (Fsp3) is 0.583. The van der Waals surface area contributed by atoms with Gasteiger partial charge in [-0.25, -0.2) is 8.42 Å². The molecule has 2 N–H and O–H groups in total. The minimum absolute atomic E-state index is 0.0731. The highest BCUT2D eigenvalue weighted by atomic mass is 32.2. The molecule has 18 heavy (non-hydrogen) atoms. The summed E-state index contributed by atoms with van der Waals surface area (Å²) in [6.07, 6.45) is 6.41. The molecule has 1 aromatic rings. The highest BCUT2D eigenvalue weighted by Crippen LogP contribution is 2.38. The van der Waals surface area contributed by atoms with Crippen LogP contribution in [0, 0.1) is 0 Å². The van der Waals surface area contributed by atoms with E-state index >= 15 is 0 Å². The van der Waals surface area contributed by atoms with Crippen molar-refractivity contribution < 1.29 is 8.42 Å². The largest absolute Gasteiger partial charge is 0.328 e.